The van der Waals surface area contributed by atoms with Crippen LogP contribution >= 0.6 is 0 Å². The van der Waals surface area contributed by atoms with E-state index in [-0.39, 0.29) is 69.1 Å². The van der Waals surface area contributed by atoms with Gasteiger partial charge in [0, 0.05) is 29.5 Å². The Bertz CT molecular complexity index is 2360. The lowest BCUT2D eigenvalue weighted by Gasteiger charge is -2.15. The van der Waals surface area contributed by atoms with E-state index in [9.17, 15) is 40.8 Å². The van der Waals surface area contributed by atoms with E-state index >= 15 is 4.39 Å². The Labute approximate surface area is 309 Å². The number of aryl methyl sites for hydroxylation is 1. The van der Waals surface area contributed by atoms with Crippen molar-refractivity contribution in [3.05, 3.63) is 136 Å². The van der Waals surface area contributed by atoms with Gasteiger partial charge in [0.2, 0.25) is 0 Å². The Hall–Kier alpha value is -5.68. The van der Waals surface area contributed by atoms with Gasteiger partial charge in [-0.3, -0.25) is 9.59 Å². The Kier molecular flexibility index (Phi) is 12.1. The minimum Gasteiger partial charge on any atom is -0.294 e. The maximum Gasteiger partial charge on any atom is 0.418 e. The van der Waals surface area contributed by atoms with Crippen LogP contribution in [0, 0.1) is 23.0 Å². The lowest BCUT2D eigenvalue weighted by atomic mass is 9.97. The second-order valence-corrected chi connectivity index (χ2v) is 14.2. The van der Waals surface area contributed by atoms with Crippen LogP contribution in [0.2, 0.25) is 0 Å². The summed E-state index contributed by atoms with van der Waals surface area (Å²) in [5.74, 6) is -3.29. The van der Waals surface area contributed by atoms with Gasteiger partial charge in [-0.2, -0.15) is 23.5 Å². The first-order valence-corrected chi connectivity index (χ1v) is 18.6. The molecule has 54 heavy (non-hydrogen) atoms. The number of benzene rings is 4. The van der Waals surface area contributed by atoms with Gasteiger partial charge in [-0.15, -0.1) is 0 Å². The lowest BCUT2D eigenvalue weighted by Crippen LogP contribution is -2.31. The van der Waals surface area contributed by atoms with Gasteiger partial charge in [-0.25, -0.2) is 26.6 Å². The molecule has 0 aliphatic heterocycles. The smallest absolute Gasteiger partial charge is 0.294 e. The number of hydrogen-bond acceptors (Lipinski definition) is 6. The van der Waals surface area contributed by atoms with E-state index in [1.165, 1.54) is 48.5 Å². The molecule has 0 spiro atoms. The van der Waals surface area contributed by atoms with E-state index in [0.717, 1.165) is 41.1 Å². The molecule has 1 amide bonds. The number of carbonyl (C=O) groups is 2. The fraction of sp³-hybridized carbons (Fsp3) is 0.250. The average Bonchev–Trinajstić information content (AvgIpc) is 3.49. The summed E-state index contributed by atoms with van der Waals surface area (Å²) < 4.78 is 103. The second-order valence-electron chi connectivity index (χ2n) is 12.6. The number of carbonyl (C=O) groups excluding carboxylic acids is 2. The topological polar surface area (TPSA) is 122 Å². The van der Waals surface area contributed by atoms with Gasteiger partial charge in [0.1, 0.15) is 23.4 Å². The van der Waals surface area contributed by atoms with Crippen LogP contribution in [0.5, 0.6) is 0 Å². The third kappa shape index (κ3) is 8.58. The van der Waals surface area contributed by atoms with Crippen LogP contribution in [-0.4, -0.2) is 29.9 Å². The molecule has 1 heterocycles. The summed E-state index contributed by atoms with van der Waals surface area (Å²) >= 11 is 0. The van der Waals surface area contributed by atoms with Crippen LogP contribution in [-0.2, 0) is 29.0 Å². The molecule has 0 saturated heterocycles. The summed E-state index contributed by atoms with van der Waals surface area (Å²) in [4.78, 5) is 25.1. The molecule has 5 aromatic rings. The number of Topliss-reactive ketones (excluding diaryl/α,β-unsaturated/α-hetero) is 1. The highest BCUT2D eigenvalue weighted by Gasteiger charge is 2.36. The van der Waals surface area contributed by atoms with Gasteiger partial charge in [-0.1, -0.05) is 75.2 Å². The number of nitrogens with zero attached hydrogens (tertiary/aromatic N) is 3. The largest absolute Gasteiger partial charge is 0.418 e. The van der Waals surface area contributed by atoms with Crippen LogP contribution < -0.4 is 4.72 Å². The van der Waals surface area contributed by atoms with Crippen molar-refractivity contribution in [3.63, 3.8) is 0 Å². The zero-order valence-electron chi connectivity index (χ0n) is 29.3. The minimum absolute atomic E-state index is 0.0268. The number of nitrogens with one attached hydrogen (secondary N) is 1. The molecule has 1 aromatic heterocycles. The summed E-state index contributed by atoms with van der Waals surface area (Å²) in [5.41, 5.74) is -1.64. The van der Waals surface area contributed by atoms with Crippen LogP contribution in [0.1, 0.15) is 94.7 Å². The number of rotatable bonds is 14. The number of nitriles is 1. The molecule has 0 radical (unpaired) electrons. The standard InChI is InChI=1S/C40H35F5N4O4S/c1-3-5-14-34-30(36(24-46)49(47-34)35-23-27(37(50)15-6-4-2)19-20-31(35)40(43,44)45)21-26-18-17-25(22-33(26)42)28-11-8-10-16-38(28)54(52,53)48-39(51)29-12-7-9-13-32(29)41/h7-13,16-20,22-23H,3-6,14-15,21H2,1-2H3,(H,48,51). The third-order valence-electron chi connectivity index (χ3n) is 8.80. The summed E-state index contributed by atoms with van der Waals surface area (Å²) in [6.07, 6.45) is -2.19. The number of unbranched alkanes of at least 4 members (excludes halogenated alkanes) is 2. The fourth-order valence-corrected chi connectivity index (χ4v) is 7.18. The fourth-order valence-electron chi connectivity index (χ4n) is 5.98. The molecule has 0 saturated carbocycles. The second kappa shape index (κ2) is 16.6. The molecule has 1 N–H and O–H groups in total. The van der Waals surface area contributed by atoms with Crippen LogP contribution in [0.4, 0.5) is 22.0 Å². The van der Waals surface area contributed by atoms with E-state index in [4.69, 9.17) is 0 Å². The zero-order valence-corrected chi connectivity index (χ0v) is 30.1. The van der Waals surface area contributed by atoms with Crippen molar-refractivity contribution in [2.45, 2.75) is 69.9 Å². The van der Waals surface area contributed by atoms with Crippen LogP contribution in [0.3, 0.4) is 0 Å². The molecule has 14 heteroatoms. The molecule has 0 aliphatic carbocycles. The molecule has 280 valence electrons. The molecule has 0 unspecified atom stereocenters. The van der Waals surface area contributed by atoms with E-state index in [0.29, 0.717) is 25.7 Å². The van der Waals surface area contributed by atoms with Gasteiger partial charge >= 0.3 is 6.18 Å². The Morgan fingerprint density at radius 1 is 0.889 bits per heavy atom. The van der Waals surface area contributed by atoms with E-state index in [1.54, 1.807) is 0 Å². The summed E-state index contributed by atoms with van der Waals surface area (Å²) in [6.45, 7) is 3.78. The number of sulfonamides is 1. The van der Waals surface area contributed by atoms with Crippen molar-refractivity contribution in [1.82, 2.24) is 14.5 Å². The van der Waals surface area contributed by atoms with E-state index in [2.05, 4.69) is 5.10 Å². The highest BCUT2D eigenvalue weighted by molar-refractivity contribution is 7.90. The molecular formula is C40H35F5N4O4S. The van der Waals surface area contributed by atoms with Crippen molar-refractivity contribution in [2.75, 3.05) is 0 Å². The van der Waals surface area contributed by atoms with Crippen LogP contribution in [0.15, 0.2) is 89.8 Å². The Balaban J connectivity index is 1.55. The summed E-state index contributed by atoms with van der Waals surface area (Å²) in [6, 6.07) is 19.2. The predicted molar refractivity (Wildman–Crippen MR) is 191 cm³/mol. The van der Waals surface area contributed by atoms with Gasteiger partial charge < -0.3 is 0 Å². The van der Waals surface area contributed by atoms with Gasteiger partial charge in [0.25, 0.3) is 15.9 Å². The number of aromatic nitrogens is 2. The van der Waals surface area contributed by atoms with E-state index in [1.807, 2.05) is 24.6 Å². The molecule has 0 aliphatic rings. The SMILES string of the molecule is CCCCC(=O)c1ccc(C(F)(F)F)c(-n2nc(CCCC)c(Cc3ccc(-c4ccccc4S(=O)(=O)NC(=O)c4ccccc4F)cc3F)c2C#N)c1. The van der Waals surface area contributed by atoms with Gasteiger partial charge in [0.15, 0.2) is 5.78 Å². The van der Waals surface area contributed by atoms with E-state index < -0.39 is 50.6 Å². The summed E-state index contributed by atoms with van der Waals surface area (Å²) in [7, 11) is -4.59. The molecule has 5 rings (SSSR count). The molecule has 0 fully saturated rings. The molecule has 4 aromatic carbocycles. The average molecular weight is 763 g/mol. The highest BCUT2D eigenvalue weighted by Crippen LogP contribution is 2.37. The van der Waals surface area contributed by atoms with Gasteiger partial charge in [0.05, 0.1) is 27.4 Å². The minimum atomic E-state index is -4.85. The van der Waals surface area contributed by atoms with Crippen molar-refractivity contribution in [3.8, 4) is 22.9 Å². The van der Waals surface area contributed by atoms with Crippen molar-refractivity contribution < 1.29 is 40.0 Å². The molecule has 0 bridgehead atoms. The molecule has 8 nitrogen and oxygen atoms in total. The van der Waals surface area contributed by atoms with Crippen molar-refractivity contribution in [2.24, 2.45) is 0 Å². The Morgan fingerprint density at radius 2 is 1.59 bits per heavy atom. The number of halogens is 5. The first-order valence-electron chi connectivity index (χ1n) is 17.1. The van der Waals surface area contributed by atoms with Crippen molar-refractivity contribution in [1.29, 1.82) is 5.26 Å². The predicted octanol–water partition coefficient (Wildman–Crippen LogP) is 9.13. The number of ketones is 1. The van der Waals surface area contributed by atoms with Crippen molar-refractivity contribution >= 4 is 21.7 Å². The third-order valence-corrected chi connectivity index (χ3v) is 10.2. The zero-order chi connectivity index (χ0) is 39.2. The van der Waals surface area contributed by atoms with Crippen LogP contribution in [0.25, 0.3) is 16.8 Å². The maximum atomic E-state index is 16.0. The molecule has 0 atom stereocenters. The Morgan fingerprint density at radius 3 is 2.26 bits per heavy atom. The number of amides is 1. The highest BCUT2D eigenvalue weighted by atomic mass is 32.2. The molecular weight excluding hydrogens is 728 g/mol. The maximum absolute atomic E-state index is 16.0. The monoisotopic (exact) mass is 762 g/mol. The normalized spacial score (nSPS) is 11.7. The number of hydrogen-bond donors (Lipinski definition) is 1. The first-order chi connectivity index (χ1) is 25.7. The first kappa shape index (κ1) is 39.5. The van der Waals surface area contributed by atoms with Gasteiger partial charge in [-0.05, 0) is 66.8 Å². The lowest BCUT2D eigenvalue weighted by molar-refractivity contribution is -0.137. The number of alkyl halides is 3. The quantitative estimate of drug-likeness (QED) is 0.0890. The summed E-state index contributed by atoms with van der Waals surface area (Å²) in [5, 5.41) is 14.8.